The minimum atomic E-state index is -5.79. The normalized spacial score (nSPS) is 13.2. The zero-order valence-electron chi connectivity index (χ0n) is 8.57. The average molecular weight is 261 g/mol. The van der Waals surface area contributed by atoms with Crippen LogP contribution in [0.25, 0.3) is 11.0 Å². The van der Waals surface area contributed by atoms with Crippen LogP contribution in [-0.2, 0) is 15.4 Å². The second-order valence-corrected chi connectivity index (χ2v) is 5.00. The monoisotopic (exact) mass is 261 g/mol. The number of H-pyrrole nitrogens is 1. The summed E-state index contributed by atoms with van der Waals surface area (Å²) in [5, 5.41) is -4.56. The summed E-state index contributed by atoms with van der Waals surface area (Å²) in [5.41, 5.74) is 1.22. The Morgan fingerprint density at radius 3 is 2.65 bits per heavy atom. The lowest BCUT2D eigenvalue weighted by molar-refractivity contribution is 0.0691. The molecule has 1 heterocycles. The number of nitrogens with zero attached hydrogens (tertiary/aromatic N) is 1. The molecule has 0 unspecified atom stereocenters. The van der Waals surface area contributed by atoms with Crippen LogP contribution < -0.4 is 0 Å². The Labute approximate surface area is 95.2 Å². The Bertz CT molecular complexity index is 679. The van der Waals surface area contributed by atoms with Crippen LogP contribution in [0.15, 0.2) is 18.2 Å². The van der Waals surface area contributed by atoms with Gasteiger partial charge in [-0.25, -0.2) is 13.4 Å². The van der Waals surface area contributed by atoms with E-state index in [1.807, 2.05) is 0 Å². The third-order valence-electron chi connectivity index (χ3n) is 2.23. The van der Waals surface area contributed by atoms with Crippen molar-refractivity contribution in [1.29, 1.82) is 0 Å². The molecule has 92 valence electrons. The van der Waals surface area contributed by atoms with Gasteiger partial charge >= 0.3 is 5.25 Å². The number of aromatic amines is 1. The molecule has 0 aliphatic carbocycles. The van der Waals surface area contributed by atoms with Crippen molar-refractivity contribution < 1.29 is 21.8 Å². The van der Waals surface area contributed by atoms with E-state index in [-0.39, 0.29) is 11.0 Å². The van der Waals surface area contributed by atoms with E-state index in [1.165, 1.54) is 12.1 Å². The second-order valence-electron chi connectivity index (χ2n) is 3.58. The van der Waals surface area contributed by atoms with Gasteiger partial charge in [-0.1, -0.05) is 6.07 Å². The highest BCUT2D eigenvalue weighted by atomic mass is 32.2. The Hall–Kier alpha value is -1.54. The number of aromatic nitrogens is 2. The van der Waals surface area contributed by atoms with Crippen LogP contribution in [0.1, 0.15) is 11.4 Å². The number of rotatable bonds is 2. The van der Waals surface area contributed by atoms with E-state index in [0.29, 0.717) is 0 Å². The van der Waals surface area contributed by atoms with E-state index < -0.39 is 21.2 Å². The fraction of sp³-hybridized carbons (Fsp3) is 0.222. The summed E-state index contributed by atoms with van der Waals surface area (Å²) < 4.78 is 57.7. The highest BCUT2D eigenvalue weighted by Crippen LogP contribution is 2.32. The molecule has 1 N–H and O–H groups in total. The Balaban J connectivity index is 2.65. The van der Waals surface area contributed by atoms with Crippen LogP contribution in [0.4, 0.5) is 8.78 Å². The fourth-order valence-electron chi connectivity index (χ4n) is 1.38. The SMILES string of the molecule is Cc1ccc2nc(C(F)(F)S(=O)(=O)[O-])[nH]c2c1. The highest BCUT2D eigenvalue weighted by molar-refractivity contribution is 7.86. The fourth-order valence-corrected chi connectivity index (χ4v) is 1.71. The van der Waals surface area contributed by atoms with Gasteiger partial charge in [-0.15, -0.1) is 0 Å². The van der Waals surface area contributed by atoms with E-state index in [1.54, 1.807) is 13.0 Å². The lowest BCUT2D eigenvalue weighted by Crippen LogP contribution is -2.27. The van der Waals surface area contributed by atoms with Crippen LogP contribution >= 0.6 is 0 Å². The molecule has 0 fully saturated rings. The van der Waals surface area contributed by atoms with Crippen molar-refractivity contribution in [1.82, 2.24) is 9.97 Å². The van der Waals surface area contributed by atoms with E-state index in [2.05, 4.69) is 9.97 Å². The van der Waals surface area contributed by atoms with Gasteiger partial charge in [-0.05, 0) is 24.6 Å². The van der Waals surface area contributed by atoms with E-state index >= 15 is 0 Å². The minimum absolute atomic E-state index is 0.175. The Morgan fingerprint density at radius 1 is 1.41 bits per heavy atom. The first-order chi connectivity index (χ1) is 7.72. The van der Waals surface area contributed by atoms with Crippen LogP contribution in [0, 0.1) is 6.92 Å². The summed E-state index contributed by atoms with van der Waals surface area (Å²) >= 11 is 0. The molecule has 0 bridgehead atoms. The topological polar surface area (TPSA) is 85.9 Å². The summed E-state index contributed by atoms with van der Waals surface area (Å²) in [7, 11) is -5.79. The van der Waals surface area contributed by atoms with Gasteiger partial charge in [-0.2, -0.15) is 8.78 Å². The van der Waals surface area contributed by atoms with Crippen molar-refractivity contribution in [3.63, 3.8) is 0 Å². The van der Waals surface area contributed by atoms with Gasteiger partial charge in [0.2, 0.25) is 0 Å². The quantitative estimate of drug-likeness (QED) is 0.829. The predicted octanol–water partition coefficient (Wildman–Crippen LogP) is 1.47. The standard InChI is InChI=1S/C9H8F2N2O3S/c1-5-2-3-6-7(4-5)13-8(12-6)9(10,11)17(14,15)16/h2-4H,1H3,(H,12,13)(H,14,15,16)/p-1. The smallest absolute Gasteiger partial charge is 0.391 e. The van der Waals surface area contributed by atoms with Crippen LogP contribution in [0.2, 0.25) is 0 Å². The number of hydrogen-bond donors (Lipinski definition) is 1. The molecular weight excluding hydrogens is 254 g/mol. The average Bonchev–Trinajstić information content (AvgIpc) is 2.58. The van der Waals surface area contributed by atoms with Gasteiger partial charge in [0.25, 0.3) is 0 Å². The second kappa shape index (κ2) is 3.47. The van der Waals surface area contributed by atoms with Gasteiger partial charge in [0.15, 0.2) is 15.9 Å². The van der Waals surface area contributed by atoms with Gasteiger partial charge in [0.1, 0.15) is 0 Å². The van der Waals surface area contributed by atoms with E-state index in [9.17, 15) is 21.8 Å². The predicted molar refractivity (Wildman–Crippen MR) is 54.4 cm³/mol. The molecular formula is C9H7F2N2O3S-. The Kier molecular flexibility index (Phi) is 2.44. The number of fused-ring (bicyclic) bond motifs is 1. The molecule has 17 heavy (non-hydrogen) atoms. The molecule has 0 spiro atoms. The summed E-state index contributed by atoms with van der Waals surface area (Å²) in [5.74, 6) is -1.16. The third-order valence-corrected chi connectivity index (χ3v) is 3.05. The first-order valence-corrected chi connectivity index (χ1v) is 5.93. The highest BCUT2D eigenvalue weighted by Gasteiger charge is 2.43. The molecule has 0 radical (unpaired) electrons. The summed E-state index contributed by atoms with van der Waals surface area (Å²) in [6, 6.07) is 4.62. The van der Waals surface area contributed by atoms with Crippen LogP contribution in [0.3, 0.4) is 0 Å². The van der Waals surface area contributed by atoms with Crippen molar-refractivity contribution >= 4 is 21.2 Å². The lowest BCUT2D eigenvalue weighted by Gasteiger charge is -2.16. The number of alkyl halides is 2. The number of nitrogens with one attached hydrogen (secondary N) is 1. The zero-order valence-corrected chi connectivity index (χ0v) is 9.38. The maximum absolute atomic E-state index is 13.2. The first-order valence-electron chi connectivity index (χ1n) is 4.52. The van der Waals surface area contributed by atoms with Gasteiger partial charge in [0, 0.05) is 0 Å². The molecule has 2 aromatic rings. The van der Waals surface area contributed by atoms with Gasteiger partial charge in [-0.3, -0.25) is 0 Å². The summed E-state index contributed by atoms with van der Waals surface area (Å²) in [6.45, 7) is 1.74. The maximum Gasteiger partial charge on any atom is 0.391 e. The van der Waals surface area contributed by atoms with E-state index in [0.717, 1.165) is 5.56 Å². The third kappa shape index (κ3) is 1.89. The molecule has 0 aliphatic heterocycles. The largest absolute Gasteiger partial charge is 0.743 e. The molecule has 0 saturated heterocycles. The molecule has 5 nitrogen and oxygen atoms in total. The molecule has 2 rings (SSSR count). The maximum atomic E-state index is 13.2. The minimum Gasteiger partial charge on any atom is -0.743 e. The molecule has 0 saturated carbocycles. The van der Waals surface area contributed by atoms with Crippen LogP contribution in [-0.4, -0.2) is 22.9 Å². The van der Waals surface area contributed by atoms with Gasteiger partial charge in [0.05, 0.1) is 11.0 Å². The van der Waals surface area contributed by atoms with Crippen molar-refractivity contribution in [2.45, 2.75) is 12.2 Å². The number of benzene rings is 1. The Morgan fingerprint density at radius 2 is 2.06 bits per heavy atom. The van der Waals surface area contributed by atoms with Crippen LogP contribution in [0.5, 0.6) is 0 Å². The molecule has 0 amide bonds. The molecule has 8 heteroatoms. The lowest BCUT2D eigenvalue weighted by atomic mass is 10.2. The number of hydrogen-bond acceptors (Lipinski definition) is 4. The first kappa shape index (κ1) is 11.9. The number of aryl methyl sites for hydroxylation is 1. The summed E-state index contributed by atoms with van der Waals surface area (Å²) in [4.78, 5) is 5.55. The molecule has 0 aliphatic rings. The number of halogens is 2. The number of imidazole rings is 1. The van der Waals surface area contributed by atoms with Crippen molar-refractivity contribution in [2.75, 3.05) is 0 Å². The van der Waals surface area contributed by atoms with Crippen molar-refractivity contribution in [3.05, 3.63) is 29.6 Å². The van der Waals surface area contributed by atoms with Crippen molar-refractivity contribution in [3.8, 4) is 0 Å². The van der Waals surface area contributed by atoms with Crippen molar-refractivity contribution in [2.24, 2.45) is 0 Å². The molecule has 1 aromatic heterocycles. The van der Waals surface area contributed by atoms with E-state index in [4.69, 9.17) is 0 Å². The summed E-state index contributed by atoms with van der Waals surface area (Å²) in [6.07, 6.45) is 0. The molecule has 0 atom stereocenters. The molecule has 1 aromatic carbocycles. The zero-order chi connectivity index (χ0) is 12.8. The van der Waals surface area contributed by atoms with Gasteiger partial charge < -0.3 is 9.54 Å².